The molecule has 5 heteroatoms. The first-order chi connectivity index (χ1) is 10.7. The van der Waals surface area contributed by atoms with Crippen molar-refractivity contribution in [3.63, 3.8) is 0 Å². The fraction of sp³-hybridized carbons (Fsp3) is 0.588. The van der Waals surface area contributed by atoms with E-state index in [0.29, 0.717) is 12.1 Å². The second-order valence-corrected chi connectivity index (χ2v) is 6.05. The Morgan fingerprint density at radius 3 is 3.05 bits per heavy atom. The molecule has 2 atom stereocenters. The zero-order valence-electron chi connectivity index (χ0n) is 13.0. The van der Waals surface area contributed by atoms with Gasteiger partial charge in [-0.1, -0.05) is 13.0 Å². The third kappa shape index (κ3) is 3.14. The number of hydrogen-bond donors (Lipinski definition) is 0. The zero-order chi connectivity index (χ0) is 15.5. The number of likely N-dealkylation sites (N-methyl/N-ethyl adjacent to an activating group) is 1. The SMILES string of the molecule is CCN1CCO[C@@H]2CCN(Cc3ccc(F)c(C#N)c3)C[C@H]21. The Labute approximate surface area is 131 Å². The van der Waals surface area contributed by atoms with Crippen molar-refractivity contribution in [2.75, 3.05) is 32.8 Å². The van der Waals surface area contributed by atoms with Gasteiger partial charge in [-0.15, -0.1) is 0 Å². The number of likely N-dealkylation sites (tertiary alicyclic amines) is 1. The topological polar surface area (TPSA) is 39.5 Å². The lowest BCUT2D eigenvalue weighted by Gasteiger charge is -2.46. The van der Waals surface area contributed by atoms with E-state index in [1.54, 1.807) is 12.1 Å². The van der Waals surface area contributed by atoms with E-state index in [2.05, 4.69) is 16.7 Å². The van der Waals surface area contributed by atoms with Gasteiger partial charge < -0.3 is 4.74 Å². The van der Waals surface area contributed by atoms with Crippen molar-refractivity contribution in [1.29, 1.82) is 5.26 Å². The first kappa shape index (κ1) is 15.4. The summed E-state index contributed by atoms with van der Waals surface area (Å²) < 4.78 is 19.3. The minimum Gasteiger partial charge on any atom is -0.375 e. The number of halogens is 1. The normalized spacial score (nSPS) is 26.4. The molecule has 0 radical (unpaired) electrons. The summed E-state index contributed by atoms with van der Waals surface area (Å²) in [4.78, 5) is 4.87. The summed E-state index contributed by atoms with van der Waals surface area (Å²) in [7, 11) is 0. The fourth-order valence-electron chi connectivity index (χ4n) is 3.56. The predicted molar refractivity (Wildman–Crippen MR) is 81.8 cm³/mol. The van der Waals surface area contributed by atoms with Crippen molar-refractivity contribution in [1.82, 2.24) is 9.80 Å². The van der Waals surface area contributed by atoms with Crippen LogP contribution in [0, 0.1) is 17.1 Å². The highest BCUT2D eigenvalue weighted by molar-refractivity contribution is 5.34. The summed E-state index contributed by atoms with van der Waals surface area (Å²) in [6.07, 6.45) is 1.38. The predicted octanol–water partition coefficient (Wildman–Crippen LogP) is 1.99. The summed E-state index contributed by atoms with van der Waals surface area (Å²) in [5, 5.41) is 8.94. The molecule has 0 unspecified atom stereocenters. The summed E-state index contributed by atoms with van der Waals surface area (Å²) in [5.41, 5.74) is 1.12. The average Bonchev–Trinajstić information content (AvgIpc) is 2.56. The van der Waals surface area contributed by atoms with E-state index < -0.39 is 5.82 Å². The Morgan fingerprint density at radius 1 is 1.41 bits per heavy atom. The molecule has 0 aliphatic carbocycles. The van der Waals surface area contributed by atoms with Gasteiger partial charge in [-0.2, -0.15) is 5.26 Å². The van der Waals surface area contributed by atoms with Crippen LogP contribution in [-0.2, 0) is 11.3 Å². The van der Waals surface area contributed by atoms with Crippen LogP contribution < -0.4 is 0 Å². The largest absolute Gasteiger partial charge is 0.375 e. The molecule has 4 nitrogen and oxygen atoms in total. The van der Waals surface area contributed by atoms with Crippen molar-refractivity contribution in [3.8, 4) is 6.07 Å². The van der Waals surface area contributed by atoms with Gasteiger partial charge in [0, 0.05) is 32.2 Å². The Balaban J connectivity index is 1.68. The van der Waals surface area contributed by atoms with Crippen LogP contribution in [0.3, 0.4) is 0 Å². The van der Waals surface area contributed by atoms with E-state index >= 15 is 0 Å². The van der Waals surface area contributed by atoms with E-state index in [0.717, 1.165) is 51.3 Å². The average molecular weight is 303 g/mol. The molecule has 2 fully saturated rings. The van der Waals surface area contributed by atoms with Crippen LogP contribution in [0.5, 0.6) is 0 Å². The summed E-state index contributed by atoms with van der Waals surface area (Å²) in [5.74, 6) is -0.442. The lowest BCUT2D eigenvalue weighted by molar-refractivity contribution is -0.102. The van der Waals surface area contributed by atoms with Crippen LogP contribution in [0.4, 0.5) is 4.39 Å². The number of hydrogen-bond acceptors (Lipinski definition) is 4. The van der Waals surface area contributed by atoms with E-state index in [1.807, 2.05) is 6.07 Å². The molecule has 3 rings (SSSR count). The van der Waals surface area contributed by atoms with Gasteiger partial charge in [-0.05, 0) is 30.7 Å². The van der Waals surface area contributed by atoms with E-state index in [-0.39, 0.29) is 5.56 Å². The first-order valence-electron chi connectivity index (χ1n) is 7.97. The van der Waals surface area contributed by atoms with Crippen molar-refractivity contribution in [2.45, 2.75) is 32.0 Å². The van der Waals surface area contributed by atoms with Gasteiger partial charge in [0.05, 0.1) is 18.3 Å². The van der Waals surface area contributed by atoms with Crippen LogP contribution in [0.25, 0.3) is 0 Å². The number of piperidine rings is 1. The molecular weight excluding hydrogens is 281 g/mol. The molecule has 22 heavy (non-hydrogen) atoms. The molecule has 2 saturated heterocycles. The van der Waals surface area contributed by atoms with Crippen molar-refractivity contribution in [2.24, 2.45) is 0 Å². The monoisotopic (exact) mass is 303 g/mol. The van der Waals surface area contributed by atoms with Gasteiger partial charge in [0.1, 0.15) is 11.9 Å². The molecule has 2 aliphatic rings. The Morgan fingerprint density at radius 2 is 2.27 bits per heavy atom. The minimum absolute atomic E-state index is 0.128. The zero-order valence-corrected chi connectivity index (χ0v) is 13.0. The molecule has 0 amide bonds. The lowest BCUT2D eigenvalue weighted by Crippen LogP contribution is -2.59. The smallest absolute Gasteiger partial charge is 0.140 e. The highest BCUT2D eigenvalue weighted by Gasteiger charge is 2.36. The van der Waals surface area contributed by atoms with Gasteiger partial charge in [-0.3, -0.25) is 9.80 Å². The van der Waals surface area contributed by atoms with Crippen molar-refractivity contribution >= 4 is 0 Å². The van der Waals surface area contributed by atoms with Crippen LogP contribution >= 0.6 is 0 Å². The van der Waals surface area contributed by atoms with Gasteiger partial charge in [0.25, 0.3) is 0 Å². The highest BCUT2D eigenvalue weighted by Crippen LogP contribution is 2.24. The quantitative estimate of drug-likeness (QED) is 0.856. The van der Waals surface area contributed by atoms with E-state index in [1.165, 1.54) is 6.07 Å². The molecule has 1 aromatic carbocycles. The van der Waals surface area contributed by atoms with Gasteiger partial charge in [-0.25, -0.2) is 4.39 Å². The molecule has 1 aromatic rings. The third-order valence-electron chi connectivity index (χ3n) is 4.75. The summed E-state index contributed by atoms with van der Waals surface area (Å²) in [6.45, 7) is 7.79. The third-order valence-corrected chi connectivity index (χ3v) is 4.75. The van der Waals surface area contributed by atoms with E-state index in [9.17, 15) is 4.39 Å². The fourth-order valence-corrected chi connectivity index (χ4v) is 3.56. The standard InChI is InChI=1S/C17H22FN3O/c1-2-21-7-8-22-17-5-6-20(12-16(17)21)11-13-3-4-15(18)14(9-13)10-19/h3-4,9,16-17H,2,5-8,11-12H2,1H3/t16-,17-/m1/s1. The molecule has 0 bridgehead atoms. The maximum Gasteiger partial charge on any atom is 0.140 e. The molecule has 0 spiro atoms. The second-order valence-electron chi connectivity index (χ2n) is 6.05. The number of rotatable bonds is 3. The van der Waals surface area contributed by atoms with Gasteiger partial charge >= 0.3 is 0 Å². The van der Waals surface area contributed by atoms with E-state index in [4.69, 9.17) is 10.00 Å². The highest BCUT2D eigenvalue weighted by atomic mass is 19.1. The first-order valence-corrected chi connectivity index (χ1v) is 7.97. The molecule has 0 N–H and O–H groups in total. The molecular formula is C17H22FN3O. The number of nitrogens with zero attached hydrogens (tertiary/aromatic N) is 3. The number of nitriles is 1. The van der Waals surface area contributed by atoms with Gasteiger partial charge in [0.15, 0.2) is 0 Å². The summed E-state index contributed by atoms with van der Waals surface area (Å²) >= 11 is 0. The summed E-state index contributed by atoms with van der Waals surface area (Å²) in [6, 6.07) is 7.19. The van der Waals surface area contributed by atoms with Crippen molar-refractivity contribution < 1.29 is 9.13 Å². The number of ether oxygens (including phenoxy) is 1. The number of fused-ring (bicyclic) bond motifs is 1. The molecule has 0 saturated carbocycles. The lowest BCUT2D eigenvalue weighted by atomic mass is 9.98. The number of morpholine rings is 1. The maximum absolute atomic E-state index is 13.4. The van der Waals surface area contributed by atoms with Crippen LogP contribution in [0.1, 0.15) is 24.5 Å². The maximum atomic E-state index is 13.4. The second kappa shape index (κ2) is 6.74. The van der Waals surface area contributed by atoms with Crippen molar-refractivity contribution in [3.05, 3.63) is 35.1 Å². The Bertz CT molecular complexity index is 566. The Kier molecular flexibility index (Phi) is 4.72. The molecule has 2 heterocycles. The Hall–Kier alpha value is -1.48. The van der Waals surface area contributed by atoms with Crippen LogP contribution in [-0.4, -0.2) is 54.7 Å². The molecule has 2 aliphatic heterocycles. The molecule has 0 aromatic heterocycles. The number of benzene rings is 1. The molecule has 118 valence electrons. The van der Waals surface area contributed by atoms with Crippen LogP contribution in [0.2, 0.25) is 0 Å². The van der Waals surface area contributed by atoms with Crippen LogP contribution in [0.15, 0.2) is 18.2 Å². The van der Waals surface area contributed by atoms with Gasteiger partial charge in [0.2, 0.25) is 0 Å². The minimum atomic E-state index is -0.442.